The minimum atomic E-state index is -1.31. The van der Waals surface area contributed by atoms with E-state index in [-0.39, 0.29) is 5.78 Å². The van der Waals surface area contributed by atoms with Gasteiger partial charge < -0.3 is 0 Å². The van der Waals surface area contributed by atoms with Crippen LogP contribution in [0.1, 0.15) is 10.4 Å². The Labute approximate surface area is 105 Å². The van der Waals surface area contributed by atoms with Crippen molar-refractivity contribution in [2.45, 2.75) is 25.5 Å². The Morgan fingerprint density at radius 3 is 2.19 bits per heavy atom. The van der Waals surface area contributed by atoms with E-state index in [9.17, 15) is 4.79 Å². The van der Waals surface area contributed by atoms with Crippen LogP contribution in [0.5, 0.6) is 0 Å². The van der Waals surface area contributed by atoms with E-state index in [4.69, 9.17) is 0 Å². The van der Waals surface area contributed by atoms with Crippen molar-refractivity contribution >= 4 is 28.8 Å². The number of hydrogen-bond donors (Lipinski definition) is 0. The zero-order chi connectivity index (χ0) is 12.2. The fourth-order valence-electron chi connectivity index (χ4n) is 1.39. The Hall–Kier alpha value is -0.634. The summed E-state index contributed by atoms with van der Waals surface area (Å²) in [6, 6.07) is 9.51. The van der Waals surface area contributed by atoms with E-state index in [0.717, 1.165) is 5.56 Å². The molecule has 0 fully saturated rings. The van der Waals surface area contributed by atoms with E-state index in [0.29, 0.717) is 15.0 Å². The summed E-state index contributed by atoms with van der Waals surface area (Å²) >= 11 is 0.439. The molecule has 0 spiro atoms. The first-order valence-corrected chi connectivity index (χ1v) is 11.4. The minimum absolute atomic E-state index is 0.154. The van der Waals surface area contributed by atoms with E-state index in [1.54, 1.807) is 0 Å². The van der Waals surface area contributed by atoms with Crippen LogP contribution < -0.4 is 0 Å². The second-order valence-corrected chi connectivity index (χ2v) is 12.3. The zero-order valence-electron chi connectivity index (χ0n) is 10.3. The standard InChI is InChI=1S/C13H18OSeSi/c1-15-13(16(2,3)4)10-12(14)11-8-6-5-7-9-11/h5-10H,1-4H3/b13-10+. The molecule has 0 aliphatic rings. The van der Waals surface area contributed by atoms with Crippen LogP contribution in [0.15, 0.2) is 40.5 Å². The van der Waals surface area contributed by atoms with Crippen LogP contribution in [-0.4, -0.2) is 28.8 Å². The summed E-state index contributed by atoms with van der Waals surface area (Å²) in [5.41, 5.74) is 0.794. The molecule has 0 bridgehead atoms. The summed E-state index contributed by atoms with van der Waals surface area (Å²) in [6.45, 7) is 6.88. The van der Waals surface area contributed by atoms with E-state index < -0.39 is 8.07 Å². The summed E-state index contributed by atoms with van der Waals surface area (Å²) in [4.78, 5) is 12.0. The van der Waals surface area contributed by atoms with Crippen molar-refractivity contribution < 1.29 is 4.79 Å². The van der Waals surface area contributed by atoms with Crippen molar-refractivity contribution in [2.24, 2.45) is 0 Å². The predicted molar refractivity (Wildman–Crippen MR) is 73.8 cm³/mol. The van der Waals surface area contributed by atoms with Crippen LogP contribution in [0.25, 0.3) is 0 Å². The molecule has 0 radical (unpaired) electrons. The topological polar surface area (TPSA) is 17.1 Å². The molecule has 0 N–H and O–H groups in total. The molecule has 86 valence electrons. The second kappa shape index (κ2) is 5.62. The van der Waals surface area contributed by atoms with Crippen LogP contribution in [0.2, 0.25) is 25.5 Å². The molecule has 1 rings (SSSR count). The Morgan fingerprint density at radius 1 is 1.19 bits per heavy atom. The first-order chi connectivity index (χ1) is 7.45. The molecule has 0 heterocycles. The molecule has 0 unspecified atom stereocenters. The van der Waals surface area contributed by atoms with Gasteiger partial charge in [0.15, 0.2) is 0 Å². The third-order valence-electron chi connectivity index (χ3n) is 2.28. The fourth-order valence-corrected chi connectivity index (χ4v) is 6.89. The molecule has 0 amide bonds. The van der Waals surface area contributed by atoms with Crippen molar-refractivity contribution in [2.75, 3.05) is 0 Å². The van der Waals surface area contributed by atoms with Crippen LogP contribution in [0.4, 0.5) is 0 Å². The van der Waals surface area contributed by atoms with E-state index in [1.807, 2.05) is 36.4 Å². The van der Waals surface area contributed by atoms with E-state index >= 15 is 0 Å². The first-order valence-electron chi connectivity index (χ1n) is 5.30. The summed E-state index contributed by atoms with van der Waals surface area (Å²) in [6.07, 6.45) is 1.88. The third-order valence-corrected chi connectivity index (χ3v) is 9.99. The molecule has 1 aromatic carbocycles. The maximum atomic E-state index is 12.0. The van der Waals surface area contributed by atoms with Gasteiger partial charge in [0.05, 0.1) is 0 Å². The fraction of sp³-hybridized carbons (Fsp3) is 0.308. The quantitative estimate of drug-likeness (QED) is 0.473. The average Bonchev–Trinajstić information content (AvgIpc) is 2.25. The number of ketones is 1. The molecular weight excluding hydrogens is 279 g/mol. The van der Waals surface area contributed by atoms with Gasteiger partial charge in [0.1, 0.15) is 0 Å². The van der Waals surface area contributed by atoms with Gasteiger partial charge in [-0.1, -0.05) is 0 Å². The van der Waals surface area contributed by atoms with Gasteiger partial charge in [-0.2, -0.15) is 0 Å². The van der Waals surface area contributed by atoms with Gasteiger partial charge in [0, 0.05) is 0 Å². The molecular formula is C13H18OSeSi. The monoisotopic (exact) mass is 298 g/mol. The van der Waals surface area contributed by atoms with E-state index in [2.05, 4.69) is 25.5 Å². The van der Waals surface area contributed by atoms with Gasteiger partial charge in [-0.3, -0.25) is 0 Å². The number of carbonyl (C=O) groups is 1. The molecule has 3 heteroatoms. The molecule has 1 aromatic rings. The third kappa shape index (κ3) is 3.74. The molecule has 1 nitrogen and oxygen atoms in total. The van der Waals surface area contributed by atoms with Crippen LogP contribution >= 0.6 is 0 Å². The van der Waals surface area contributed by atoms with Crippen LogP contribution in [-0.2, 0) is 0 Å². The molecule has 0 saturated carbocycles. The summed E-state index contributed by atoms with van der Waals surface area (Å²) < 4.78 is 1.40. The molecule has 0 atom stereocenters. The SMILES string of the molecule is C[Se]/C(=C\C(=O)c1ccccc1)[Si](C)(C)C. The number of benzene rings is 1. The van der Waals surface area contributed by atoms with Gasteiger partial charge in [-0.15, -0.1) is 0 Å². The van der Waals surface area contributed by atoms with Crippen molar-refractivity contribution in [3.63, 3.8) is 0 Å². The zero-order valence-corrected chi connectivity index (χ0v) is 13.0. The summed E-state index contributed by atoms with van der Waals surface area (Å²) in [7, 11) is -1.31. The number of allylic oxidation sites excluding steroid dienone is 1. The van der Waals surface area contributed by atoms with Gasteiger partial charge in [0.25, 0.3) is 0 Å². The van der Waals surface area contributed by atoms with Gasteiger partial charge in [-0.25, -0.2) is 0 Å². The molecule has 0 aliphatic heterocycles. The molecule has 0 aliphatic carbocycles. The normalized spacial score (nSPS) is 12.6. The van der Waals surface area contributed by atoms with Crippen LogP contribution in [0, 0.1) is 0 Å². The molecule has 0 aromatic heterocycles. The van der Waals surface area contributed by atoms with Crippen molar-refractivity contribution in [1.82, 2.24) is 0 Å². The first kappa shape index (κ1) is 13.4. The maximum absolute atomic E-state index is 12.0. The van der Waals surface area contributed by atoms with Crippen molar-refractivity contribution in [1.29, 1.82) is 0 Å². The summed E-state index contributed by atoms with van der Waals surface area (Å²) in [5, 5.41) is 0. The molecule has 16 heavy (non-hydrogen) atoms. The van der Waals surface area contributed by atoms with Crippen LogP contribution in [0.3, 0.4) is 0 Å². The summed E-state index contributed by atoms with van der Waals surface area (Å²) in [5.74, 6) is 2.34. The van der Waals surface area contributed by atoms with Crippen molar-refractivity contribution in [3.8, 4) is 0 Å². The van der Waals surface area contributed by atoms with Crippen molar-refractivity contribution in [3.05, 3.63) is 46.1 Å². The Balaban J connectivity index is 2.96. The molecule has 0 saturated heterocycles. The average molecular weight is 297 g/mol. The number of carbonyl (C=O) groups excluding carboxylic acids is 1. The second-order valence-electron chi connectivity index (χ2n) is 4.69. The number of hydrogen-bond acceptors (Lipinski definition) is 1. The van der Waals surface area contributed by atoms with Gasteiger partial charge in [0.2, 0.25) is 0 Å². The van der Waals surface area contributed by atoms with Gasteiger partial charge in [-0.05, 0) is 0 Å². The Kier molecular flexibility index (Phi) is 4.72. The van der Waals surface area contributed by atoms with E-state index in [1.165, 1.54) is 4.09 Å². The Bertz CT molecular complexity index is 390. The van der Waals surface area contributed by atoms with Gasteiger partial charge >= 0.3 is 105 Å². The Morgan fingerprint density at radius 2 is 1.75 bits per heavy atom. The number of rotatable bonds is 4. The predicted octanol–water partition coefficient (Wildman–Crippen LogP) is 3.38.